The number of ether oxygens (including phenoxy) is 2. The zero-order valence-electron chi connectivity index (χ0n) is 19.9. The minimum Gasteiger partial charge on any atom is -0.378 e. The molecule has 0 fully saturated rings. The van der Waals surface area contributed by atoms with E-state index < -0.39 is 5.16 Å². The summed E-state index contributed by atoms with van der Waals surface area (Å²) in [4.78, 5) is 12.7. The molecule has 0 bridgehead atoms. The lowest BCUT2D eigenvalue weighted by molar-refractivity contribution is -0.128. The maximum absolute atomic E-state index is 12.7. The van der Waals surface area contributed by atoms with Crippen molar-refractivity contribution in [2.24, 2.45) is 5.73 Å². The Morgan fingerprint density at radius 2 is 1.71 bits per heavy atom. The van der Waals surface area contributed by atoms with E-state index in [1.54, 1.807) is 0 Å². The highest BCUT2D eigenvalue weighted by molar-refractivity contribution is 7.21. The van der Waals surface area contributed by atoms with Gasteiger partial charge in [0.1, 0.15) is 0 Å². The van der Waals surface area contributed by atoms with Gasteiger partial charge in [-0.3, -0.25) is 4.79 Å². The lowest BCUT2D eigenvalue weighted by atomic mass is 9.99. The van der Waals surface area contributed by atoms with E-state index in [9.17, 15) is 4.79 Å². The largest absolute Gasteiger partial charge is 0.378 e. The lowest BCUT2D eigenvalue weighted by Gasteiger charge is -2.34. The fourth-order valence-electron chi connectivity index (χ4n) is 2.25. The fourth-order valence-corrected chi connectivity index (χ4v) is 2.41. The molecule has 0 rings (SSSR count). The van der Waals surface area contributed by atoms with Crippen molar-refractivity contribution in [2.75, 3.05) is 33.4 Å². The highest BCUT2D eigenvalue weighted by Gasteiger charge is 2.34. The molecular weight excluding hydrogens is 373 g/mol. The number of hydrogen-bond donors (Lipinski definition) is 3. The number of carbonyl (C=O) groups excluding carboxylic acids is 1. The van der Waals surface area contributed by atoms with Crippen molar-refractivity contribution in [2.45, 2.75) is 97.1 Å². The number of hydrogen-bond acceptors (Lipinski definition) is 5. The van der Waals surface area contributed by atoms with Crippen LogP contribution < -0.4 is 16.4 Å². The third-order valence-electron chi connectivity index (χ3n) is 4.41. The molecule has 3 atom stereocenters. The Kier molecular flexibility index (Phi) is 15.7. The van der Waals surface area contributed by atoms with Crippen LogP contribution in [-0.2, 0) is 14.3 Å². The average Bonchev–Trinajstić information content (AvgIpc) is 2.60. The van der Waals surface area contributed by atoms with Gasteiger partial charge in [-0.05, 0) is 80.9 Å². The molecule has 6 nitrogen and oxygen atoms in total. The third kappa shape index (κ3) is 14.7. The van der Waals surface area contributed by atoms with Crippen molar-refractivity contribution >= 4 is 15.1 Å². The van der Waals surface area contributed by atoms with Gasteiger partial charge in [0.15, 0.2) is 0 Å². The second kappa shape index (κ2) is 14.7. The van der Waals surface area contributed by atoms with Crippen molar-refractivity contribution < 1.29 is 14.3 Å². The van der Waals surface area contributed by atoms with Gasteiger partial charge in [0.2, 0.25) is 5.91 Å². The summed E-state index contributed by atoms with van der Waals surface area (Å²) in [6.45, 7) is 18.5. The molecule has 28 heavy (non-hydrogen) atoms. The molecular formula is C21H48N3O3P. The smallest absolute Gasteiger partial charge is 0.232 e. The summed E-state index contributed by atoms with van der Waals surface area (Å²) in [6.07, 6.45) is 2.61. The number of amides is 1. The van der Waals surface area contributed by atoms with Gasteiger partial charge in [-0.25, -0.2) is 0 Å². The third-order valence-corrected chi connectivity index (χ3v) is 4.84. The molecule has 0 saturated carbocycles. The summed E-state index contributed by atoms with van der Waals surface area (Å²) in [5.74, 6) is -0.0353. The fraction of sp³-hybridized carbons (Fsp3) is 0.952. The minimum atomic E-state index is -0.679. The Morgan fingerprint density at radius 3 is 2.21 bits per heavy atom. The molecule has 170 valence electrons. The van der Waals surface area contributed by atoms with Gasteiger partial charge in [0, 0.05) is 12.1 Å². The molecule has 7 heteroatoms. The second-order valence-electron chi connectivity index (χ2n) is 8.67. The normalized spacial score (nSPS) is 15.2. The SMILES string of the molecule is CC.CNCCC(C)(C)OCC(C)(P)C(=O)NC(C)(C)CCOC(C)CCN. The standard InChI is InChI=1S/C19H42N3O3P.C2H6/c1-15(8-11-20)24-13-10-17(2,3)22-16(23)19(6,26)14-25-18(4,5)9-12-21-7;1-2/h15,21H,8-14,20,26H2,1-7H3,(H,22,23);1-2H3. The van der Waals surface area contributed by atoms with Crippen LogP contribution in [0.5, 0.6) is 0 Å². The maximum atomic E-state index is 12.7. The summed E-state index contributed by atoms with van der Waals surface area (Å²) in [5.41, 5.74) is 4.91. The van der Waals surface area contributed by atoms with Crippen LogP contribution in [0.15, 0.2) is 0 Å². The molecule has 0 heterocycles. The van der Waals surface area contributed by atoms with Crippen molar-refractivity contribution in [3.8, 4) is 0 Å². The summed E-state index contributed by atoms with van der Waals surface area (Å²) in [6, 6.07) is 0. The molecule has 0 aromatic carbocycles. The maximum Gasteiger partial charge on any atom is 0.232 e. The van der Waals surface area contributed by atoms with Crippen LogP contribution in [0.4, 0.5) is 0 Å². The van der Waals surface area contributed by atoms with Crippen LogP contribution in [0.25, 0.3) is 0 Å². The first-order valence-corrected chi connectivity index (χ1v) is 11.1. The summed E-state index contributed by atoms with van der Waals surface area (Å²) in [7, 11) is 4.56. The first-order chi connectivity index (χ1) is 12.9. The quantitative estimate of drug-likeness (QED) is 0.375. The average molecular weight is 422 g/mol. The number of carbonyl (C=O) groups is 1. The van der Waals surface area contributed by atoms with E-state index in [2.05, 4.69) is 19.9 Å². The van der Waals surface area contributed by atoms with Gasteiger partial charge in [-0.1, -0.05) is 13.8 Å². The number of rotatable bonds is 14. The van der Waals surface area contributed by atoms with E-state index in [1.165, 1.54) is 0 Å². The Balaban J connectivity index is 0. The van der Waals surface area contributed by atoms with Gasteiger partial charge < -0.3 is 25.8 Å². The lowest BCUT2D eigenvalue weighted by Crippen LogP contribution is -2.53. The predicted octanol–water partition coefficient (Wildman–Crippen LogP) is 3.09. The van der Waals surface area contributed by atoms with E-state index in [1.807, 2.05) is 62.4 Å². The Morgan fingerprint density at radius 1 is 1.14 bits per heavy atom. The summed E-state index contributed by atoms with van der Waals surface area (Å²) in [5, 5.41) is 5.57. The molecule has 1 amide bonds. The first-order valence-electron chi connectivity index (χ1n) is 10.6. The zero-order valence-corrected chi connectivity index (χ0v) is 21.1. The Bertz CT molecular complexity index is 416. The highest BCUT2D eigenvalue weighted by Crippen LogP contribution is 2.24. The van der Waals surface area contributed by atoms with Crippen LogP contribution in [0.2, 0.25) is 0 Å². The van der Waals surface area contributed by atoms with Crippen LogP contribution in [0, 0.1) is 0 Å². The van der Waals surface area contributed by atoms with E-state index in [-0.39, 0.29) is 23.2 Å². The minimum absolute atomic E-state index is 0.0353. The van der Waals surface area contributed by atoms with Crippen LogP contribution in [-0.4, -0.2) is 61.7 Å². The highest BCUT2D eigenvalue weighted by atomic mass is 31.0. The van der Waals surface area contributed by atoms with Gasteiger partial charge in [-0.15, -0.1) is 9.24 Å². The topological polar surface area (TPSA) is 85.6 Å². The number of nitrogens with one attached hydrogen (secondary N) is 2. The summed E-state index contributed by atoms with van der Waals surface area (Å²) < 4.78 is 11.8. The molecule has 3 unspecified atom stereocenters. The molecule has 0 aromatic rings. The molecule has 0 aromatic heterocycles. The second-order valence-corrected chi connectivity index (χ2v) is 9.94. The molecule has 0 radical (unpaired) electrons. The van der Waals surface area contributed by atoms with Gasteiger partial charge in [0.05, 0.1) is 23.5 Å². The molecule has 0 aliphatic rings. The van der Waals surface area contributed by atoms with Gasteiger partial charge >= 0.3 is 0 Å². The molecule has 0 aliphatic heterocycles. The molecule has 0 spiro atoms. The van der Waals surface area contributed by atoms with Crippen LogP contribution in [0.3, 0.4) is 0 Å². The Labute approximate surface area is 176 Å². The molecule has 0 saturated heterocycles. The predicted molar refractivity (Wildman–Crippen MR) is 124 cm³/mol. The molecule has 4 N–H and O–H groups in total. The summed E-state index contributed by atoms with van der Waals surface area (Å²) >= 11 is 0. The van der Waals surface area contributed by atoms with E-state index >= 15 is 0 Å². The van der Waals surface area contributed by atoms with Crippen molar-refractivity contribution in [1.82, 2.24) is 10.6 Å². The van der Waals surface area contributed by atoms with Crippen LogP contribution >= 0.6 is 9.24 Å². The van der Waals surface area contributed by atoms with Gasteiger partial charge in [-0.2, -0.15) is 0 Å². The van der Waals surface area contributed by atoms with Crippen molar-refractivity contribution in [3.63, 3.8) is 0 Å². The van der Waals surface area contributed by atoms with E-state index in [0.29, 0.717) is 19.8 Å². The van der Waals surface area contributed by atoms with Gasteiger partial charge in [0.25, 0.3) is 0 Å². The Hall–Kier alpha value is -0.260. The van der Waals surface area contributed by atoms with E-state index in [0.717, 1.165) is 25.8 Å². The monoisotopic (exact) mass is 421 g/mol. The van der Waals surface area contributed by atoms with E-state index in [4.69, 9.17) is 15.2 Å². The van der Waals surface area contributed by atoms with Crippen molar-refractivity contribution in [3.05, 3.63) is 0 Å². The zero-order chi connectivity index (χ0) is 22.4. The van der Waals surface area contributed by atoms with Crippen molar-refractivity contribution in [1.29, 1.82) is 0 Å². The first kappa shape index (κ1) is 29.9. The number of nitrogens with two attached hydrogens (primary N) is 1. The molecule has 0 aliphatic carbocycles. The van der Waals surface area contributed by atoms with Crippen LogP contribution in [0.1, 0.15) is 74.7 Å².